The van der Waals surface area contributed by atoms with E-state index in [2.05, 4.69) is 5.10 Å². The van der Waals surface area contributed by atoms with Crippen molar-refractivity contribution in [3.63, 3.8) is 0 Å². The van der Waals surface area contributed by atoms with Gasteiger partial charge in [0, 0.05) is 6.07 Å². The second-order valence-electron chi connectivity index (χ2n) is 4.15. The van der Waals surface area contributed by atoms with Crippen molar-refractivity contribution in [2.24, 2.45) is 0 Å². The highest BCUT2D eigenvalue weighted by Crippen LogP contribution is 2.11. The van der Waals surface area contributed by atoms with E-state index in [4.69, 9.17) is 5.11 Å². The van der Waals surface area contributed by atoms with Crippen LogP contribution in [0.15, 0.2) is 35.3 Å². The Balaban J connectivity index is 2.36. The molecule has 0 unspecified atom stereocenters. The summed E-state index contributed by atoms with van der Waals surface area (Å²) in [5, 5.41) is 12.8. The lowest BCUT2D eigenvalue weighted by molar-refractivity contribution is 0.0691. The smallest absolute Gasteiger partial charge is 0.338 e. The Morgan fingerprint density at radius 2 is 2.16 bits per heavy atom. The summed E-state index contributed by atoms with van der Waals surface area (Å²) < 4.78 is 14.4. The van der Waals surface area contributed by atoms with Gasteiger partial charge >= 0.3 is 5.97 Å². The van der Waals surface area contributed by atoms with Crippen LogP contribution in [0.4, 0.5) is 4.39 Å². The summed E-state index contributed by atoms with van der Waals surface area (Å²) in [6.07, 6.45) is 1.53. The van der Waals surface area contributed by atoms with Crippen LogP contribution in [0.1, 0.15) is 21.5 Å². The van der Waals surface area contributed by atoms with Crippen LogP contribution in [-0.2, 0) is 6.54 Å². The third kappa shape index (κ3) is 2.85. The summed E-state index contributed by atoms with van der Waals surface area (Å²) in [4.78, 5) is 22.5. The number of carbonyl (C=O) groups is 1. The van der Waals surface area contributed by atoms with Gasteiger partial charge in [0.25, 0.3) is 5.56 Å². The van der Waals surface area contributed by atoms with Gasteiger partial charge in [-0.1, -0.05) is 6.07 Å². The van der Waals surface area contributed by atoms with Gasteiger partial charge in [0.05, 0.1) is 18.3 Å². The predicted molar refractivity (Wildman–Crippen MR) is 65.7 cm³/mol. The molecule has 0 aliphatic carbocycles. The van der Waals surface area contributed by atoms with E-state index in [1.165, 1.54) is 29.1 Å². The molecule has 5 nitrogen and oxygen atoms in total. The molecule has 2 aromatic rings. The van der Waals surface area contributed by atoms with Gasteiger partial charge in [-0.25, -0.2) is 13.9 Å². The lowest BCUT2D eigenvalue weighted by atomic mass is 10.1. The molecule has 6 heteroatoms. The summed E-state index contributed by atoms with van der Waals surface area (Å²) in [6, 6.07) is 5.12. The Morgan fingerprint density at radius 3 is 2.79 bits per heavy atom. The zero-order valence-corrected chi connectivity index (χ0v) is 10.1. The number of hydrogen-bond donors (Lipinski definition) is 1. The summed E-state index contributed by atoms with van der Waals surface area (Å²) >= 11 is 0. The predicted octanol–water partition coefficient (Wildman–Crippen LogP) is 1.44. The molecular formula is C13H11FN2O3. The number of aromatic nitrogens is 2. The van der Waals surface area contributed by atoms with Crippen LogP contribution in [0.25, 0.3) is 0 Å². The van der Waals surface area contributed by atoms with Gasteiger partial charge in [-0.2, -0.15) is 5.10 Å². The maximum Gasteiger partial charge on any atom is 0.338 e. The monoisotopic (exact) mass is 262 g/mol. The van der Waals surface area contributed by atoms with Crippen molar-refractivity contribution in [2.75, 3.05) is 0 Å². The third-order valence-corrected chi connectivity index (χ3v) is 2.60. The van der Waals surface area contributed by atoms with Crippen molar-refractivity contribution in [2.45, 2.75) is 13.5 Å². The first-order valence-corrected chi connectivity index (χ1v) is 5.53. The van der Waals surface area contributed by atoms with E-state index < -0.39 is 17.3 Å². The molecule has 1 aromatic carbocycles. The number of nitrogens with zero attached hydrogens (tertiary/aromatic N) is 2. The van der Waals surface area contributed by atoms with Crippen LogP contribution in [0.3, 0.4) is 0 Å². The molecule has 0 saturated heterocycles. The highest BCUT2D eigenvalue weighted by Gasteiger charge is 2.11. The lowest BCUT2D eigenvalue weighted by Gasteiger charge is -2.06. The lowest BCUT2D eigenvalue weighted by Crippen LogP contribution is -2.22. The Labute approximate surface area is 107 Å². The van der Waals surface area contributed by atoms with E-state index in [1.807, 2.05) is 0 Å². The van der Waals surface area contributed by atoms with E-state index >= 15 is 0 Å². The van der Waals surface area contributed by atoms with Gasteiger partial charge in [-0.15, -0.1) is 0 Å². The van der Waals surface area contributed by atoms with E-state index in [0.29, 0.717) is 5.56 Å². The van der Waals surface area contributed by atoms with Gasteiger partial charge in [0.15, 0.2) is 0 Å². The van der Waals surface area contributed by atoms with Crippen molar-refractivity contribution in [1.82, 2.24) is 9.78 Å². The molecule has 2 rings (SSSR count). The van der Waals surface area contributed by atoms with Crippen LogP contribution in [0, 0.1) is 12.7 Å². The van der Waals surface area contributed by atoms with Gasteiger partial charge < -0.3 is 5.11 Å². The molecule has 0 spiro atoms. The second-order valence-corrected chi connectivity index (χ2v) is 4.15. The van der Waals surface area contributed by atoms with Crippen molar-refractivity contribution in [3.05, 3.63) is 63.3 Å². The highest BCUT2D eigenvalue weighted by atomic mass is 19.1. The van der Waals surface area contributed by atoms with Gasteiger partial charge in [0.2, 0.25) is 0 Å². The molecule has 0 aliphatic heterocycles. The molecular weight excluding hydrogens is 251 g/mol. The van der Waals surface area contributed by atoms with E-state index in [1.54, 1.807) is 6.92 Å². The van der Waals surface area contributed by atoms with Crippen molar-refractivity contribution in [3.8, 4) is 0 Å². The summed E-state index contributed by atoms with van der Waals surface area (Å²) in [5.74, 6) is -2.15. The zero-order valence-electron chi connectivity index (χ0n) is 10.1. The molecule has 1 N–H and O–H groups in total. The largest absolute Gasteiger partial charge is 0.478 e. The van der Waals surface area contributed by atoms with E-state index in [0.717, 1.165) is 11.6 Å². The Kier molecular flexibility index (Phi) is 3.41. The quantitative estimate of drug-likeness (QED) is 0.908. The molecule has 98 valence electrons. The number of rotatable bonds is 3. The molecule has 0 bridgehead atoms. The van der Waals surface area contributed by atoms with Crippen LogP contribution < -0.4 is 5.56 Å². The maximum absolute atomic E-state index is 13.2. The normalized spacial score (nSPS) is 10.4. The minimum absolute atomic E-state index is 0.0969. The molecule has 0 atom stereocenters. The molecule has 1 aromatic heterocycles. The Morgan fingerprint density at radius 1 is 1.42 bits per heavy atom. The average molecular weight is 262 g/mol. The molecule has 0 saturated carbocycles. The van der Waals surface area contributed by atoms with Crippen LogP contribution in [0.2, 0.25) is 0 Å². The first-order chi connectivity index (χ1) is 8.97. The fourth-order valence-electron chi connectivity index (χ4n) is 1.65. The van der Waals surface area contributed by atoms with E-state index in [9.17, 15) is 14.0 Å². The topological polar surface area (TPSA) is 72.2 Å². The molecule has 0 fully saturated rings. The molecule has 19 heavy (non-hydrogen) atoms. The minimum Gasteiger partial charge on any atom is -0.478 e. The van der Waals surface area contributed by atoms with Crippen LogP contribution in [0.5, 0.6) is 0 Å². The average Bonchev–Trinajstić information content (AvgIpc) is 2.34. The summed E-state index contributed by atoms with van der Waals surface area (Å²) in [6.45, 7) is 1.85. The number of hydrogen-bond acceptors (Lipinski definition) is 3. The van der Waals surface area contributed by atoms with Gasteiger partial charge in [-0.3, -0.25) is 4.79 Å². The summed E-state index contributed by atoms with van der Waals surface area (Å²) in [5.41, 5.74) is 0.530. The first kappa shape index (κ1) is 12.9. The number of carboxylic acids is 1. The second kappa shape index (κ2) is 5.01. The highest BCUT2D eigenvalue weighted by molar-refractivity contribution is 5.88. The van der Waals surface area contributed by atoms with Gasteiger partial charge in [-0.05, 0) is 30.2 Å². The molecule has 0 radical (unpaired) electrons. The van der Waals surface area contributed by atoms with Crippen LogP contribution in [-0.4, -0.2) is 20.9 Å². The molecule has 0 amide bonds. The van der Waals surface area contributed by atoms with E-state index in [-0.39, 0.29) is 12.1 Å². The Hall–Kier alpha value is -2.50. The van der Waals surface area contributed by atoms with Gasteiger partial charge in [0.1, 0.15) is 5.82 Å². The SMILES string of the molecule is Cc1cnn(Cc2ccc(F)c(C(=O)O)c2)c(=O)c1. The number of carboxylic acid groups (broad SMARTS) is 1. The standard InChI is InChI=1S/C13H11FN2O3/c1-8-4-12(17)16(15-6-8)7-9-2-3-11(14)10(5-9)13(18)19/h2-6H,7H2,1H3,(H,18,19). The van der Waals surface area contributed by atoms with Crippen LogP contribution >= 0.6 is 0 Å². The fraction of sp³-hybridized carbons (Fsp3) is 0.154. The Bertz CT molecular complexity index is 695. The fourth-order valence-corrected chi connectivity index (χ4v) is 1.65. The van der Waals surface area contributed by atoms with Crippen molar-refractivity contribution >= 4 is 5.97 Å². The minimum atomic E-state index is -1.34. The van der Waals surface area contributed by atoms with Crippen molar-refractivity contribution in [1.29, 1.82) is 0 Å². The first-order valence-electron chi connectivity index (χ1n) is 5.53. The summed E-state index contributed by atoms with van der Waals surface area (Å²) in [7, 11) is 0. The number of aromatic carboxylic acids is 1. The molecule has 1 heterocycles. The number of benzene rings is 1. The van der Waals surface area contributed by atoms with Crippen molar-refractivity contribution < 1.29 is 14.3 Å². The third-order valence-electron chi connectivity index (χ3n) is 2.60. The molecule has 0 aliphatic rings. The maximum atomic E-state index is 13.2. The number of halogens is 1. The number of aryl methyl sites for hydroxylation is 1. The zero-order chi connectivity index (χ0) is 14.0.